The number of benzene rings is 2. The van der Waals surface area contributed by atoms with Gasteiger partial charge in [0.1, 0.15) is 5.01 Å². The molecule has 4 rings (SSSR count). The molecule has 0 fully saturated rings. The summed E-state index contributed by atoms with van der Waals surface area (Å²) in [4.78, 5) is 13.2. The van der Waals surface area contributed by atoms with Gasteiger partial charge in [0, 0.05) is 22.1 Å². The Bertz CT molecular complexity index is 1100. The number of aryl methyl sites for hydroxylation is 1. The van der Waals surface area contributed by atoms with Crippen LogP contribution in [0.15, 0.2) is 53.0 Å². The standard InChI is InChI=1S/C19H16BrN5OS/c1-2-5-16-22-23-19-25(16)24-18(27-19)12-8-10-13(11-9-12)21-17(26)14-6-3-4-7-15(14)20/h3-4,6-11H,2,5H2,1H3,(H,21,26). The van der Waals surface area contributed by atoms with Crippen molar-refractivity contribution in [2.24, 2.45) is 0 Å². The molecule has 0 atom stereocenters. The van der Waals surface area contributed by atoms with Gasteiger partial charge in [-0.15, -0.1) is 10.2 Å². The molecule has 2 aromatic carbocycles. The van der Waals surface area contributed by atoms with Crippen molar-refractivity contribution in [3.8, 4) is 10.6 Å². The Morgan fingerprint density at radius 2 is 1.93 bits per heavy atom. The fraction of sp³-hybridized carbons (Fsp3) is 0.158. The Kier molecular flexibility index (Phi) is 5.00. The fourth-order valence-corrected chi connectivity index (χ4v) is 4.02. The summed E-state index contributed by atoms with van der Waals surface area (Å²) in [6.45, 7) is 2.11. The molecule has 6 nitrogen and oxygen atoms in total. The van der Waals surface area contributed by atoms with E-state index in [0.717, 1.165) is 44.4 Å². The SMILES string of the molecule is CCCc1nnc2sc(-c3ccc(NC(=O)c4ccccc4Br)cc3)nn12. The second-order valence-corrected chi connectivity index (χ2v) is 7.79. The van der Waals surface area contributed by atoms with E-state index in [0.29, 0.717) is 5.56 Å². The highest BCUT2D eigenvalue weighted by Gasteiger charge is 2.13. The molecule has 136 valence electrons. The second-order valence-electron chi connectivity index (χ2n) is 5.98. The molecule has 0 radical (unpaired) electrons. The molecule has 2 heterocycles. The summed E-state index contributed by atoms with van der Waals surface area (Å²) in [5, 5.41) is 16.8. The molecule has 2 aromatic heterocycles. The van der Waals surface area contributed by atoms with Crippen molar-refractivity contribution < 1.29 is 4.79 Å². The highest BCUT2D eigenvalue weighted by molar-refractivity contribution is 9.10. The number of halogens is 1. The van der Waals surface area contributed by atoms with Gasteiger partial charge in [0.05, 0.1) is 5.56 Å². The van der Waals surface area contributed by atoms with Crippen LogP contribution in [0.25, 0.3) is 15.5 Å². The van der Waals surface area contributed by atoms with Crippen LogP contribution in [-0.4, -0.2) is 25.7 Å². The maximum atomic E-state index is 12.4. The van der Waals surface area contributed by atoms with Gasteiger partial charge in [-0.1, -0.05) is 30.4 Å². The number of rotatable bonds is 5. The van der Waals surface area contributed by atoms with E-state index in [1.165, 1.54) is 11.3 Å². The van der Waals surface area contributed by atoms with Crippen molar-refractivity contribution in [2.45, 2.75) is 19.8 Å². The number of anilines is 1. The number of hydrogen-bond donors (Lipinski definition) is 1. The minimum atomic E-state index is -0.154. The molecule has 0 spiro atoms. The molecular formula is C19H16BrN5OS. The molecule has 0 aliphatic carbocycles. The summed E-state index contributed by atoms with van der Waals surface area (Å²) in [7, 11) is 0. The molecule has 0 saturated heterocycles. The largest absolute Gasteiger partial charge is 0.322 e. The second kappa shape index (κ2) is 7.58. The van der Waals surface area contributed by atoms with Crippen molar-refractivity contribution in [3.63, 3.8) is 0 Å². The lowest BCUT2D eigenvalue weighted by molar-refractivity contribution is 0.102. The van der Waals surface area contributed by atoms with Crippen LogP contribution in [0.4, 0.5) is 5.69 Å². The number of nitrogens with one attached hydrogen (secondary N) is 1. The smallest absolute Gasteiger partial charge is 0.256 e. The lowest BCUT2D eigenvalue weighted by atomic mass is 10.2. The molecule has 27 heavy (non-hydrogen) atoms. The molecule has 4 aromatic rings. The van der Waals surface area contributed by atoms with Crippen molar-refractivity contribution >= 4 is 43.8 Å². The molecule has 0 aliphatic rings. The molecule has 1 N–H and O–H groups in total. The van der Waals surface area contributed by atoms with E-state index in [1.54, 1.807) is 6.07 Å². The first-order valence-electron chi connectivity index (χ1n) is 8.53. The normalized spacial score (nSPS) is 11.0. The van der Waals surface area contributed by atoms with Crippen molar-refractivity contribution in [1.29, 1.82) is 0 Å². The van der Waals surface area contributed by atoms with Gasteiger partial charge in [-0.05, 0) is 58.7 Å². The summed E-state index contributed by atoms with van der Waals surface area (Å²) in [6, 6.07) is 15.0. The van der Waals surface area contributed by atoms with E-state index in [4.69, 9.17) is 0 Å². The summed E-state index contributed by atoms with van der Waals surface area (Å²) in [6.07, 6.45) is 1.85. The summed E-state index contributed by atoms with van der Waals surface area (Å²) in [5.41, 5.74) is 2.31. The van der Waals surface area contributed by atoms with Crippen molar-refractivity contribution in [1.82, 2.24) is 19.8 Å². The average molecular weight is 442 g/mol. The van der Waals surface area contributed by atoms with E-state index in [2.05, 4.69) is 43.5 Å². The van der Waals surface area contributed by atoms with Gasteiger partial charge in [-0.25, -0.2) is 0 Å². The monoisotopic (exact) mass is 441 g/mol. The Morgan fingerprint density at radius 1 is 1.15 bits per heavy atom. The van der Waals surface area contributed by atoms with E-state index in [1.807, 2.05) is 47.0 Å². The van der Waals surface area contributed by atoms with Gasteiger partial charge < -0.3 is 5.32 Å². The zero-order chi connectivity index (χ0) is 18.8. The van der Waals surface area contributed by atoms with Crippen LogP contribution in [0, 0.1) is 0 Å². The quantitative estimate of drug-likeness (QED) is 0.481. The lowest BCUT2D eigenvalue weighted by Gasteiger charge is -2.07. The van der Waals surface area contributed by atoms with Gasteiger partial charge >= 0.3 is 0 Å². The van der Waals surface area contributed by atoms with Crippen LogP contribution in [0.3, 0.4) is 0 Å². The summed E-state index contributed by atoms with van der Waals surface area (Å²) in [5.74, 6) is 0.727. The van der Waals surface area contributed by atoms with E-state index >= 15 is 0 Å². The van der Waals surface area contributed by atoms with Gasteiger partial charge in [-0.2, -0.15) is 9.61 Å². The molecule has 0 saturated carbocycles. The Morgan fingerprint density at radius 3 is 2.67 bits per heavy atom. The number of aromatic nitrogens is 4. The van der Waals surface area contributed by atoms with E-state index < -0.39 is 0 Å². The first kappa shape index (κ1) is 17.8. The number of hydrogen-bond acceptors (Lipinski definition) is 5. The predicted octanol–water partition coefficient (Wildman–Crippen LogP) is 4.82. The van der Waals surface area contributed by atoms with Crippen LogP contribution < -0.4 is 5.32 Å². The van der Waals surface area contributed by atoms with Crippen LogP contribution in [0.5, 0.6) is 0 Å². The number of nitrogens with zero attached hydrogens (tertiary/aromatic N) is 4. The van der Waals surface area contributed by atoms with Crippen LogP contribution in [0.1, 0.15) is 29.5 Å². The third kappa shape index (κ3) is 3.63. The Balaban J connectivity index is 1.54. The first-order valence-corrected chi connectivity index (χ1v) is 10.1. The zero-order valence-electron chi connectivity index (χ0n) is 14.5. The van der Waals surface area contributed by atoms with Gasteiger partial charge in [0.2, 0.25) is 4.96 Å². The molecule has 0 bridgehead atoms. The Hall–Kier alpha value is -2.58. The predicted molar refractivity (Wildman–Crippen MR) is 110 cm³/mol. The van der Waals surface area contributed by atoms with Crippen LogP contribution in [0.2, 0.25) is 0 Å². The number of carbonyl (C=O) groups excluding carboxylic acids is 1. The average Bonchev–Trinajstić information content (AvgIpc) is 3.25. The third-order valence-electron chi connectivity index (χ3n) is 4.04. The highest BCUT2D eigenvalue weighted by atomic mass is 79.9. The number of amides is 1. The number of carbonyl (C=O) groups is 1. The topological polar surface area (TPSA) is 72.2 Å². The molecular weight excluding hydrogens is 426 g/mol. The maximum absolute atomic E-state index is 12.4. The third-order valence-corrected chi connectivity index (χ3v) is 5.68. The van der Waals surface area contributed by atoms with Crippen molar-refractivity contribution in [3.05, 3.63) is 64.4 Å². The minimum Gasteiger partial charge on any atom is -0.322 e. The number of fused-ring (bicyclic) bond motifs is 1. The fourth-order valence-electron chi connectivity index (χ4n) is 2.69. The van der Waals surface area contributed by atoms with Gasteiger partial charge in [0.15, 0.2) is 5.82 Å². The lowest BCUT2D eigenvalue weighted by Crippen LogP contribution is -2.12. The van der Waals surface area contributed by atoms with Gasteiger partial charge in [0.25, 0.3) is 5.91 Å². The Labute approximate surface area is 168 Å². The van der Waals surface area contributed by atoms with E-state index in [9.17, 15) is 4.79 Å². The minimum absolute atomic E-state index is 0.154. The highest BCUT2D eigenvalue weighted by Crippen LogP contribution is 2.27. The van der Waals surface area contributed by atoms with Gasteiger partial charge in [-0.3, -0.25) is 4.79 Å². The summed E-state index contributed by atoms with van der Waals surface area (Å²) < 4.78 is 2.58. The zero-order valence-corrected chi connectivity index (χ0v) is 16.9. The van der Waals surface area contributed by atoms with Crippen molar-refractivity contribution in [2.75, 3.05) is 5.32 Å². The molecule has 1 amide bonds. The van der Waals surface area contributed by atoms with Crippen LogP contribution in [-0.2, 0) is 6.42 Å². The first-order chi connectivity index (χ1) is 13.2. The van der Waals surface area contributed by atoms with Crippen LogP contribution >= 0.6 is 27.3 Å². The summed E-state index contributed by atoms with van der Waals surface area (Å²) >= 11 is 4.90. The molecule has 0 aliphatic heterocycles. The molecule has 8 heteroatoms. The van der Waals surface area contributed by atoms with E-state index in [-0.39, 0.29) is 5.91 Å². The maximum Gasteiger partial charge on any atom is 0.256 e. The molecule has 0 unspecified atom stereocenters.